The summed E-state index contributed by atoms with van der Waals surface area (Å²) in [6, 6.07) is 10.4. The van der Waals surface area contributed by atoms with Gasteiger partial charge in [0.15, 0.2) is 0 Å². The standard InChI is InChI=1S/C21H32N2O3/c1-16(17-9-6-5-7-10-17)15-19(24)22-13-8-14-23(18-11-12-18)20(25)26-21(2,3)4/h5-7,9-10,16,18H,8,11-15H2,1-4H3,(H,22,24). The van der Waals surface area contributed by atoms with Gasteiger partial charge in [-0.2, -0.15) is 0 Å². The van der Waals surface area contributed by atoms with Crippen LogP contribution in [0.1, 0.15) is 64.9 Å². The van der Waals surface area contributed by atoms with E-state index in [9.17, 15) is 9.59 Å². The molecule has 0 heterocycles. The van der Waals surface area contributed by atoms with Crippen LogP contribution in [0.3, 0.4) is 0 Å². The zero-order valence-electron chi connectivity index (χ0n) is 16.5. The fourth-order valence-electron chi connectivity index (χ4n) is 2.86. The van der Waals surface area contributed by atoms with Crippen LogP contribution >= 0.6 is 0 Å². The molecule has 1 unspecified atom stereocenters. The van der Waals surface area contributed by atoms with E-state index in [1.807, 2.05) is 56.0 Å². The quantitative estimate of drug-likeness (QED) is 0.711. The number of rotatable bonds is 8. The molecule has 2 amide bonds. The molecule has 5 heteroatoms. The van der Waals surface area contributed by atoms with Gasteiger partial charge in [-0.15, -0.1) is 0 Å². The van der Waals surface area contributed by atoms with Gasteiger partial charge in [-0.1, -0.05) is 37.3 Å². The van der Waals surface area contributed by atoms with E-state index in [1.54, 1.807) is 0 Å². The molecule has 0 bridgehead atoms. The molecule has 1 aliphatic rings. The molecule has 144 valence electrons. The first-order chi connectivity index (χ1) is 12.3. The van der Waals surface area contributed by atoms with Gasteiger partial charge in [0.05, 0.1) is 0 Å². The Kier molecular flexibility index (Phi) is 7.06. The van der Waals surface area contributed by atoms with Crippen molar-refractivity contribution in [3.05, 3.63) is 35.9 Å². The van der Waals surface area contributed by atoms with Gasteiger partial charge in [0.1, 0.15) is 5.60 Å². The Balaban J connectivity index is 1.69. The van der Waals surface area contributed by atoms with Crippen molar-refractivity contribution >= 4 is 12.0 Å². The van der Waals surface area contributed by atoms with Crippen LogP contribution in [0.15, 0.2) is 30.3 Å². The van der Waals surface area contributed by atoms with Crippen molar-refractivity contribution in [3.8, 4) is 0 Å². The van der Waals surface area contributed by atoms with Gasteiger partial charge >= 0.3 is 6.09 Å². The highest BCUT2D eigenvalue weighted by atomic mass is 16.6. The lowest BCUT2D eigenvalue weighted by atomic mass is 9.97. The Hall–Kier alpha value is -2.04. The Bertz CT molecular complexity index is 591. The van der Waals surface area contributed by atoms with E-state index in [0.717, 1.165) is 19.3 Å². The molecule has 26 heavy (non-hydrogen) atoms. The molecule has 1 fully saturated rings. The smallest absolute Gasteiger partial charge is 0.410 e. The van der Waals surface area contributed by atoms with Crippen molar-refractivity contribution in [2.45, 2.75) is 70.9 Å². The number of hydrogen-bond acceptors (Lipinski definition) is 3. The maximum atomic E-state index is 12.3. The summed E-state index contributed by atoms with van der Waals surface area (Å²) in [6.45, 7) is 8.89. The Morgan fingerprint density at radius 1 is 1.23 bits per heavy atom. The van der Waals surface area contributed by atoms with E-state index in [-0.39, 0.29) is 17.9 Å². The molecule has 1 atom stereocenters. The van der Waals surface area contributed by atoms with Gasteiger partial charge in [0, 0.05) is 25.6 Å². The van der Waals surface area contributed by atoms with Crippen molar-refractivity contribution in [2.24, 2.45) is 0 Å². The van der Waals surface area contributed by atoms with Crippen LogP contribution in [0.5, 0.6) is 0 Å². The minimum Gasteiger partial charge on any atom is -0.444 e. The molecule has 0 spiro atoms. The molecule has 0 aromatic heterocycles. The summed E-state index contributed by atoms with van der Waals surface area (Å²) in [6.07, 6.45) is 3.05. The van der Waals surface area contributed by atoms with Gasteiger partial charge in [-0.25, -0.2) is 4.79 Å². The summed E-state index contributed by atoms with van der Waals surface area (Å²) in [5.74, 6) is 0.248. The van der Waals surface area contributed by atoms with Gasteiger partial charge in [0.25, 0.3) is 0 Å². The normalized spacial score (nSPS) is 15.2. The summed E-state index contributed by atoms with van der Waals surface area (Å²) < 4.78 is 5.48. The van der Waals surface area contributed by atoms with E-state index in [1.165, 1.54) is 5.56 Å². The first-order valence-electron chi connectivity index (χ1n) is 9.57. The molecule has 2 rings (SSSR count). The fraction of sp³-hybridized carbons (Fsp3) is 0.619. The topological polar surface area (TPSA) is 58.6 Å². The average Bonchev–Trinajstić information content (AvgIpc) is 3.38. The number of amides is 2. The highest BCUT2D eigenvalue weighted by Gasteiger charge is 2.34. The SMILES string of the molecule is CC(CC(=O)NCCCN(C(=O)OC(C)(C)C)C1CC1)c1ccccc1. The summed E-state index contributed by atoms with van der Waals surface area (Å²) in [5.41, 5.74) is 0.693. The third-order valence-corrected chi connectivity index (χ3v) is 4.37. The Labute approximate surface area is 157 Å². The van der Waals surface area contributed by atoms with Crippen molar-refractivity contribution in [1.82, 2.24) is 10.2 Å². The van der Waals surface area contributed by atoms with Gasteiger partial charge in [-0.3, -0.25) is 4.79 Å². The van der Waals surface area contributed by atoms with Crippen LogP contribution in [0.25, 0.3) is 0 Å². The van der Waals surface area contributed by atoms with Crippen LogP contribution in [0.2, 0.25) is 0 Å². The van der Waals surface area contributed by atoms with E-state index in [4.69, 9.17) is 4.74 Å². The van der Waals surface area contributed by atoms with Gasteiger partial charge < -0.3 is 15.0 Å². The molecule has 0 aliphatic heterocycles. The first kappa shape index (κ1) is 20.3. The van der Waals surface area contributed by atoms with E-state index in [2.05, 4.69) is 12.2 Å². The molecule has 1 aromatic rings. The van der Waals surface area contributed by atoms with Crippen LogP contribution in [0, 0.1) is 0 Å². The van der Waals surface area contributed by atoms with Gasteiger partial charge in [0.2, 0.25) is 5.91 Å². The molecule has 1 N–H and O–H groups in total. The number of carbonyl (C=O) groups is 2. The average molecular weight is 360 g/mol. The van der Waals surface area contributed by atoms with Crippen molar-refractivity contribution in [1.29, 1.82) is 0 Å². The molecule has 5 nitrogen and oxygen atoms in total. The lowest BCUT2D eigenvalue weighted by Gasteiger charge is -2.27. The molecule has 1 saturated carbocycles. The van der Waals surface area contributed by atoms with Gasteiger partial charge in [-0.05, 0) is 51.5 Å². The summed E-state index contributed by atoms with van der Waals surface area (Å²) >= 11 is 0. The van der Waals surface area contributed by atoms with Crippen molar-refractivity contribution < 1.29 is 14.3 Å². The van der Waals surface area contributed by atoms with Crippen LogP contribution in [0.4, 0.5) is 4.79 Å². The predicted octanol–water partition coefficient (Wildman–Crippen LogP) is 4.09. The van der Waals surface area contributed by atoms with E-state index in [0.29, 0.717) is 25.6 Å². The second kappa shape index (κ2) is 9.06. The summed E-state index contributed by atoms with van der Waals surface area (Å²) in [5, 5.41) is 2.97. The lowest BCUT2D eigenvalue weighted by Crippen LogP contribution is -2.40. The summed E-state index contributed by atoms with van der Waals surface area (Å²) in [4.78, 5) is 26.2. The summed E-state index contributed by atoms with van der Waals surface area (Å²) in [7, 11) is 0. The maximum absolute atomic E-state index is 12.3. The highest BCUT2D eigenvalue weighted by Crippen LogP contribution is 2.28. The number of carbonyl (C=O) groups excluding carboxylic acids is 2. The predicted molar refractivity (Wildman–Crippen MR) is 103 cm³/mol. The van der Waals surface area contributed by atoms with E-state index >= 15 is 0 Å². The molecule has 1 aliphatic carbocycles. The molecule has 0 saturated heterocycles. The lowest BCUT2D eigenvalue weighted by molar-refractivity contribution is -0.121. The Morgan fingerprint density at radius 2 is 1.88 bits per heavy atom. The van der Waals surface area contributed by atoms with Crippen LogP contribution in [-0.2, 0) is 9.53 Å². The molecule has 0 radical (unpaired) electrons. The fourth-order valence-corrected chi connectivity index (χ4v) is 2.86. The van der Waals surface area contributed by atoms with Crippen LogP contribution < -0.4 is 5.32 Å². The number of ether oxygens (including phenoxy) is 1. The maximum Gasteiger partial charge on any atom is 0.410 e. The van der Waals surface area contributed by atoms with Crippen LogP contribution in [-0.4, -0.2) is 41.6 Å². The van der Waals surface area contributed by atoms with E-state index < -0.39 is 5.60 Å². The third kappa shape index (κ3) is 7.06. The first-order valence-corrected chi connectivity index (χ1v) is 9.57. The second-order valence-electron chi connectivity index (χ2n) is 8.12. The number of nitrogens with one attached hydrogen (secondary N) is 1. The highest BCUT2D eigenvalue weighted by molar-refractivity contribution is 5.76. The second-order valence-corrected chi connectivity index (χ2v) is 8.12. The largest absolute Gasteiger partial charge is 0.444 e. The minimum absolute atomic E-state index is 0.0524. The number of nitrogens with zero attached hydrogens (tertiary/aromatic N) is 1. The Morgan fingerprint density at radius 3 is 2.46 bits per heavy atom. The molecule has 1 aromatic carbocycles. The van der Waals surface area contributed by atoms with Crippen molar-refractivity contribution in [2.75, 3.05) is 13.1 Å². The third-order valence-electron chi connectivity index (χ3n) is 4.37. The minimum atomic E-state index is -0.480. The zero-order valence-corrected chi connectivity index (χ0v) is 16.5. The molecular formula is C21H32N2O3. The monoisotopic (exact) mass is 360 g/mol. The number of hydrogen-bond donors (Lipinski definition) is 1. The number of benzene rings is 1. The zero-order chi connectivity index (χ0) is 19.2. The molecular weight excluding hydrogens is 328 g/mol. The van der Waals surface area contributed by atoms with Crippen molar-refractivity contribution in [3.63, 3.8) is 0 Å².